The van der Waals surface area contributed by atoms with Gasteiger partial charge in [-0.05, 0) is 52.4 Å². The first kappa shape index (κ1) is 14.5. The molecular formula is C16H17BrOS. The maximum Gasteiger partial charge on any atom is 0.202 e. The van der Waals surface area contributed by atoms with Crippen LogP contribution in [-0.4, -0.2) is 5.78 Å². The lowest BCUT2D eigenvalue weighted by molar-refractivity contribution is 0.104. The predicted molar refractivity (Wildman–Crippen MR) is 85.2 cm³/mol. The molecular weight excluding hydrogens is 320 g/mol. The van der Waals surface area contributed by atoms with Crippen molar-refractivity contribution in [3.8, 4) is 0 Å². The molecule has 0 fully saturated rings. The van der Waals surface area contributed by atoms with E-state index < -0.39 is 0 Å². The van der Waals surface area contributed by atoms with E-state index in [1.807, 2.05) is 25.1 Å². The number of carbonyl (C=O) groups is 1. The third-order valence-corrected chi connectivity index (χ3v) is 5.08. The summed E-state index contributed by atoms with van der Waals surface area (Å²) in [6.45, 7) is 6.40. The normalized spacial score (nSPS) is 11.0. The fraction of sp³-hybridized carbons (Fsp3) is 0.312. The zero-order valence-corrected chi connectivity index (χ0v) is 13.8. The van der Waals surface area contributed by atoms with Crippen molar-refractivity contribution in [3.05, 3.63) is 55.7 Å². The highest BCUT2D eigenvalue weighted by molar-refractivity contribution is 9.11. The molecule has 0 saturated heterocycles. The van der Waals surface area contributed by atoms with E-state index in [9.17, 15) is 4.79 Å². The summed E-state index contributed by atoms with van der Waals surface area (Å²) >= 11 is 4.96. The number of benzene rings is 1. The lowest BCUT2D eigenvalue weighted by Gasteiger charge is -2.05. The molecule has 0 amide bonds. The molecule has 0 aliphatic rings. The van der Waals surface area contributed by atoms with Crippen molar-refractivity contribution in [3.63, 3.8) is 0 Å². The van der Waals surface area contributed by atoms with E-state index in [-0.39, 0.29) is 5.78 Å². The van der Waals surface area contributed by atoms with Crippen LogP contribution in [-0.2, 0) is 6.42 Å². The summed E-state index contributed by atoms with van der Waals surface area (Å²) in [5.74, 6) is 0.743. The average Bonchev–Trinajstić information content (AvgIpc) is 2.69. The first-order valence-corrected chi connectivity index (χ1v) is 7.98. The molecule has 0 unspecified atom stereocenters. The van der Waals surface area contributed by atoms with Gasteiger partial charge in [-0.1, -0.05) is 38.1 Å². The Morgan fingerprint density at radius 1 is 1.26 bits per heavy atom. The Balaban J connectivity index is 2.20. The molecule has 1 aromatic carbocycles. The average molecular weight is 337 g/mol. The number of thiophene rings is 1. The van der Waals surface area contributed by atoms with Crippen LogP contribution < -0.4 is 0 Å². The van der Waals surface area contributed by atoms with Gasteiger partial charge in [-0.3, -0.25) is 4.79 Å². The van der Waals surface area contributed by atoms with E-state index in [2.05, 4.69) is 41.9 Å². The van der Waals surface area contributed by atoms with Crippen LogP contribution in [0.25, 0.3) is 0 Å². The van der Waals surface area contributed by atoms with Gasteiger partial charge in [-0.25, -0.2) is 0 Å². The number of aryl methyl sites for hydroxylation is 1. The lowest BCUT2D eigenvalue weighted by Crippen LogP contribution is -2.00. The quantitative estimate of drug-likeness (QED) is 0.697. The van der Waals surface area contributed by atoms with Crippen LogP contribution in [0.5, 0.6) is 0 Å². The Labute approximate surface area is 126 Å². The van der Waals surface area contributed by atoms with Gasteiger partial charge in [-0.2, -0.15) is 0 Å². The molecule has 0 N–H and O–H groups in total. The van der Waals surface area contributed by atoms with Gasteiger partial charge in [0, 0.05) is 5.56 Å². The number of hydrogen-bond donors (Lipinski definition) is 0. The minimum Gasteiger partial charge on any atom is -0.288 e. The molecule has 0 aliphatic carbocycles. The number of carbonyl (C=O) groups excluding carboxylic acids is 1. The van der Waals surface area contributed by atoms with Gasteiger partial charge in [0.2, 0.25) is 5.78 Å². The Hall–Kier alpha value is -0.930. The summed E-state index contributed by atoms with van der Waals surface area (Å²) in [4.78, 5) is 13.1. The Morgan fingerprint density at radius 3 is 2.37 bits per heavy atom. The zero-order chi connectivity index (χ0) is 14.0. The van der Waals surface area contributed by atoms with Gasteiger partial charge >= 0.3 is 0 Å². The smallest absolute Gasteiger partial charge is 0.202 e. The second-order valence-electron chi connectivity index (χ2n) is 5.19. The van der Waals surface area contributed by atoms with E-state index in [4.69, 9.17) is 0 Å². The molecule has 1 heterocycles. The largest absolute Gasteiger partial charge is 0.288 e. The fourth-order valence-corrected chi connectivity index (χ4v) is 3.47. The Bertz CT molecular complexity index is 562. The van der Waals surface area contributed by atoms with Crippen LogP contribution in [0, 0.1) is 12.8 Å². The van der Waals surface area contributed by atoms with E-state index in [0.717, 1.165) is 26.2 Å². The van der Waals surface area contributed by atoms with Crippen molar-refractivity contribution >= 4 is 33.0 Å². The third kappa shape index (κ3) is 3.54. The third-order valence-electron chi connectivity index (χ3n) is 2.94. The summed E-state index contributed by atoms with van der Waals surface area (Å²) in [5.41, 5.74) is 3.17. The predicted octanol–water partition coefficient (Wildman–Crippen LogP) is 5.25. The molecule has 0 radical (unpaired) electrons. The Morgan fingerprint density at radius 2 is 1.89 bits per heavy atom. The monoisotopic (exact) mass is 336 g/mol. The summed E-state index contributed by atoms with van der Waals surface area (Å²) in [6.07, 6.45) is 1.05. The molecule has 0 bridgehead atoms. The van der Waals surface area contributed by atoms with Gasteiger partial charge in [0.1, 0.15) is 0 Å². The summed E-state index contributed by atoms with van der Waals surface area (Å²) < 4.78 is 1.03. The highest BCUT2D eigenvalue weighted by atomic mass is 79.9. The molecule has 1 nitrogen and oxygen atoms in total. The van der Waals surface area contributed by atoms with Crippen LogP contribution in [0.1, 0.15) is 40.2 Å². The second kappa shape index (κ2) is 6.02. The van der Waals surface area contributed by atoms with Crippen LogP contribution >= 0.6 is 27.3 Å². The molecule has 0 aliphatic heterocycles. The Kier molecular flexibility index (Phi) is 4.58. The lowest BCUT2D eigenvalue weighted by atomic mass is 10.0. The first-order chi connectivity index (χ1) is 8.97. The molecule has 2 rings (SSSR count). The van der Waals surface area contributed by atoms with Crippen molar-refractivity contribution in [2.24, 2.45) is 5.92 Å². The van der Waals surface area contributed by atoms with Crippen LogP contribution in [0.15, 0.2) is 34.1 Å². The topological polar surface area (TPSA) is 17.1 Å². The SMILES string of the molecule is Cc1cc(C(=O)c2ccc(CC(C)C)cc2)sc1Br. The van der Waals surface area contributed by atoms with Gasteiger partial charge in [0.15, 0.2) is 0 Å². The fourth-order valence-electron chi connectivity index (χ4n) is 1.98. The van der Waals surface area contributed by atoms with Crippen molar-refractivity contribution in [1.82, 2.24) is 0 Å². The molecule has 0 saturated carbocycles. The van der Waals surface area contributed by atoms with E-state index in [1.165, 1.54) is 16.9 Å². The summed E-state index contributed by atoms with van der Waals surface area (Å²) in [6, 6.07) is 9.93. The number of hydrogen-bond acceptors (Lipinski definition) is 2. The summed E-state index contributed by atoms with van der Waals surface area (Å²) in [7, 11) is 0. The minimum absolute atomic E-state index is 0.106. The number of halogens is 1. The summed E-state index contributed by atoms with van der Waals surface area (Å²) in [5, 5.41) is 0. The van der Waals surface area contributed by atoms with Gasteiger partial charge in [-0.15, -0.1) is 11.3 Å². The molecule has 3 heteroatoms. The molecule has 0 atom stereocenters. The standard InChI is InChI=1S/C16H17BrOS/c1-10(2)8-12-4-6-13(7-5-12)15(18)14-9-11(3)16(17)19-14/h4-7,9-10H,8H2,1-3H3. The van der Waals surface area contributed by atoms with Crippen molar-refractivity contribution in [2.45, 2.75) is 27.2 Å². The van der Waals surface area contributed by atoms with Crippen LogP contribution in [0.2, 0.25) is 0 Å². The molecule has 19 heavy (non-hydrogen) atoms. The zero-order valence-electron chi connectivity index (χ0n) is 11.4. The first-order valence-electron chi connectivity index (χ1n) is 6.37. The second-order valence-corrected chi connectivity index (χ2v) is 7.56. The van der Waals surface area contributed by atoms with E-state index >= 15 is 0 Å². The van der Waals surface area contributed by atoms with Gasteiger partial charge in [0.25, 0.3) is 0 Å². The number of rotatable bonds is 4. The highest BCUT2D eigenvalue weighted by Crippen LogP contribution is 2.29. The van der Waals surface area contributed by atoms with E-state index in [0.29, 0.717) is 5.92 Å². The van der Waals surface area contributed by atoms with Crippen LogP contribution in [0.3, 0.4) is 0 Å². The molecule has 2 aromatic rings. The van der Waals surface area contributed by atoms with Crippen LogP contribution in [0.4, 0.5) is 0 Å². The highest BCUT2D eigenvalue weighted by Gasteiger charge is 2.13. The number of ketones is 1. The van der Waals surface area contributed by atoms with Crippen molar-refractivity contribution in [1.29, 1.82) is 0 Å². The van der Waals surface area contributed by atoms with Gasteiger partial charge in [0.05, 0.1) is 8.66 Å². The molecule has 0 spiro atoms. The van der Waals surface area contributed by atoms with E-state index in [1.54, 1.807) is 0 Å². The maximum atomic E-state index is 12.3. The molecule has 1 aromatic heterocycles. The van der Waals surface area contributed by atoms with Gasteiger partial charge < -0.3 is 0 Å². The van der Waals surface area contributed by atoms with Crippen molar-refractivity contribution < 1.29 is 4.79 Å². The molecule has 100 valence electrons. The maximum absolute atomic E-state index is 12.3. The minimum atomic E-state index is 0.106. The van der Waals surface area contributed by atoms with Crippen molar-refractivity contribution in [2.75, 3.05) is 0 Å².